The molecule has 35 heavy (non-hydrogen) atoms. The standard InChI is InChI=1S/C26H23Br2N3O3S/c1-4-14(2)16-7-10-22-21(11-16)30-25(34-22)15-5-8-18(9-6-15)29-26(35)31-24(32)19-12-17(27)13-20(28)23(19)33-3/h5-14H,4H2,1-3H3,(H2,29,31,32,35)/t14-/m1/s1. The summed E-state index contributed by atoms with van der Waals surface area (Å²) in [6.07, 6.45) is 1.07. The van der Waals surface area contributed by atoms with Gasteiger partial charge in [0, 0.05) is 15.7 Å². The molecule has 0 saturated carbocycles. The van der Waals surface area contributed by atoms with Crippen LogP contribution in [0, 0.1) is 0 Å². The van der Waals surface area contributed by atoms with Gasteiger partial charge in [0.2, 0.25) is 5.89 Å². The van der Waals surface area contributed by atoms with Gasteiger partial charge in [0.1, 0.15) is 11.3 Å². The fourth-order valence-corrected chi connectivity index (χ4v) is 5.17. The van der Waals surface area contributed by atoms with E-state index in [1.165, 1.54) is 12.7 Å². The van der Waals surface area contributed by atoms with Crippen LogP contribution < -0.4 is 15.4 Å². The SMILES string of the molecule is CC[C@@H](C)c1ccc2oc(-c3ccc(NC(=S)NC(=O)c4cc(Br)cc(Br)c4OC)cc3)nc2c1. The number of amides is 1. The third-order valence-electron chi connectivity index (χ3n) is 5.67. The summed E-state index contributed by atoms with van der Waals surface area (Å²) in [5.41, 5.74) is 4.77. The van der Waals surface area contributed by atoms with Crippen LogP contribution in [0.2, 0.25) is 0 Å². The van der Waals surface area contributed by atoms with E-state index in [9.17, 15) is 4.79 Å². The molecule has 0 saturated heterocycles. The number of carbonyl (C=O) groups is 1. The summed E-state index contributed by atoms with van der Waals surface area (Å²) in [5, 5.41) is 5.88. The Hall–Kier alpha value is -2.75. The molecule has 1 atom stereocenters. The summed E-state index contributed by atoms with van der Waals surface area (Å²) in [5.74, 6) is 1.06. The Bertz CT molecular complexity index is 1400. The van der Waals surface area contributed by atoms with Gasteiger partial charge in [-0.2, -0.15) is 0 Å². The lowest BCUT2D eigenvalue weighted by Crippen LogP contribution is -2.34. The number of hydrogen-bond donors (Lipinski definition) is 2. The molecular weight excluding hydrogens is 594 g/mol. The fraction of sp³-hybridized carbons (Fsp3) is 0.192. The molecule has 1 amide bonds. The van der Waals surface area contributed by atoms with E-state index < -0.39 is 0 Å². The zero-order chi connectivity index (χ0) is 25.1. The van der Waals surface area contributed by atoms with Crippen molar-refractivity contribution in [3.8, 4) is 17.2 Å². The van der Waals surface area contributed by atoms with E-state index in [1.807, 2.05) is 30.3 Å². The zero-order valence-corrected chi connectivity index (χ0v) is 23.3. The molecule has 0 spiro atoms. The minimum atomic E-state index is -0.388. The van der Waals surface area contributed by atoms with Gasteiger partial charge in [0.05, 0.1) is 17.1 Å². The summed E-state index contributed by atoms with van der Waals surface area (Å²) in [6.45, 7) is 4.38. The molecule has 0 aliphatic rings. The van der Waals surface area contributed by atoms with Crippen molar-refractivity contribution in [1.29, 1.82) is 0 Å². The van der Waals surface area contributed by atoms with Gasteiger partial charge in [-0.15, -0.1) is 0 Å². The lowest BCUT2D eigenvalue weighted by molar-refractivity contribution is 0.0974. The summed E-state index contributed by atoms with van der Waals surface area (Å²) in [4.78, 5) is 17.4. The maximum Gasteiger partial charge on any atom is 0.261 e. The highest BCUT2D eigenvalue weighted by Gasteiger charge is 2.18. The number of oxazole rings is 1. The van der Waals surface area contributed by atoms with Crippen LogP contribution in [0.25, 0.3) is 22.6 Å². The lowest BCUT2D eigenvalue weighted by Gasteiger charge is -2.13. The lowest BCUT2D eigenvalue weighted by atomic mass is 9.98. The summed E-state index contributed by atoms with van der Waals surface area (Å²) >= 11 is 12.1. The molecule has 0 radical (unpaired) electrons. The minimum Gasteiger partial charge on any atom is -0.495 e. The first-order valence-corrected chi connectivity index (χ1v) is 12.9. The van der Waals surface area contributed by atoms with Crippen LogP contribution in [0.3, 0.4) is 0 Å². The van der Waals surface area contributed by atoms with E-state index in [-0.39, 0.29) is 11.0 Å². The second kappa shape index (κ2) is 10.9. The number of nitrogens with one attached hydrogen (secondary N) is 2. The number of benzene rings is 3. The number of thiocarbonyl (C=S) groups is 1. The first-order chi connectivity index (χ1) is 16.8. The molecular formula is C26H23Br2N3O3S. The van der Waals surface area contributed by atoms with Crippen LogP contribution in [-0.2, 0) is 0 Å². The Kier molecular flexibility index (Phi) is 7.88. The number of methoxy groups -OCH3 is 1. The van der Waals surface area contributed by atoms with Crippen LogP contribution in [0.5, 0.6) is 5.75 Å². The van der Waals surface area contributed by atoms with Gasteiger partial charge >= 0.3 is 0 Å². The van der Waals surface area contributed by atoms with E-state index in [0.717, 1.165) is 33.2 Å². The van der Waals surface area contributed by atoms with Crippen molar-refractivity contribution in [2.45, 2.75) is 26.2 Å². The normalized spacial score (nSPS) is 11.8. The molecule has 1 aromatic heterocycles. The van der Waals surface area contributed by atoms with E-state index in [2.05, 4.69) is 73.5 Å². The van der Waals surface area contributed by atoms with Gasteiger partial charge in [0.15, 0.2) is 10.7 Å². The van der Waals surface area contributed by atoms with Crippen molar-refractivity contribution in [3.05, 3.63) is 74.7 Å². The van der Waals surface area contributed by atoms with Gasteiger partial charge in [-0.3, -0.25) is 10.1 Å². The Morgan fingerprint density at radius 1 is 1.14 bits per heavy atom. The van der Waals surface area contributed by atoms with Gasteiger partial charge in [-0.25, -0.2) is 4.98 Å². The fourth-order valence-electron chi connectivity index (χ4n) is 3.58. The molecule has 0 unspecified atom stereocenters. The van der Waals surface area contributed by atoms with Crippen LogP contribution in [0.1, 0.15) is 42.1 Å². The molecule has 4 rings (SSSR count). The molecule has 1 heterocycles. The maximum absolute atomic E-state index is 12.8. The summed E-state index contributed by atoms with van der Waals surface area (Å²) < 4.78 is 12.7. The monoisotopic (exact) mass is 615 g/mol. The third kappa shape index (κ3) is 5.74. The number of fused-ring (bicyclic) bond motifs is 1. The largest absolute Gasteiger partial charge is 0.495 e. The van der Waals surface area contributed by atoms with Crippen LogP contribution in [0.4, 0.5) is 5.69 Å². The van der Waals surface area contributed by atoms with E-state index in [0.29, 0.717) is 27.6 Å². The maximum atomic E-state index is 12.8. The highest BCUT2D eigenvalue weighted by Crippen LogP contribution is 2.33. The van der Waals surface area contributed by atoms with Crippen LogP contribution in [-0.4, -0.2) is 23.1 Å². The van der Waals surface area contributed by atoms with Gasteiger partial charge in [-0.1, -0.05) is 35.8 Å². The molecule has 4 aromatic rings. The predicted molar refractivity (Wildman–Crippen MR) is 150 cm³/mol. The minimum absolute atomic E-state index is 0.167. The Morgan fingerprint density at radius 2 is 1.89 bits per heavy atom. The molecule has 0 aliphatic carbocycles. The summed E-state index contributed by atoms with van der Waals surface area (Å²) in [6, 6.07) is 17.1. The Balaban J connectivity index is 1.45. The highest BCUT2D eigenvalue weighted by atomic mass is 79.9. The van der Waals surface area contributed by atoms with Gasteiger partial charge < -0.3 is 14.5 Å². The average molecular weight is 617 g/mol. The van der Waals surface area contributed by atoms with Crippen molar-refractivity contribution >= 4 is 71.9 Å². The van der Waals surface area contributed by atoms with Crippen LogP contribution >= 0.6 is 44.1 Å². The second-order valence-electron chi connectivity index (χ2n) is 8.01. The van der Waals surface area contributed by atoms with Crippen molar-refractivity contribution in [3.63, 3.8) is 0 Å². The molecule has 2 N–H and O–H groups in total. The van der Waals surface area contributed by atoms with E-state index in [1.54, 1.807) is 12.1 Å². The van der Waals surface area contributed by atoms with Gasteiger partial charge in [-0.05, 0) is 94.6 Å². The molecule has 9 heteroatoms. The number of ether oxygens (including phenoxy) is 1. The number of nitrogens with zero attached hydrogens (tertiary/aromatic N) is 1. The van der Waals surface area contributed by atoms with Gasteiger partial charge in [0.25, 0.3) is 5.91 Å². The number of anilines is 1. The number of rotatable bonds is 6. The topological polar surface area (TPSA) is 76.4 Å². The smallest absolute Gasteiger partial charge is 0.261 e. The van der Waals surface area contributed by atoms with Crippen LogP contribution in [0.15, 0.2) is 68.0 Å². The molecule has 6 nitrogen and oxygen atoms in total. The number of halogens is 2. The first kappa shape index (κ1) is 25.3. The molecule has 0 fully saturated rings. The van der Waals surface area contributed by atoms with Crippen molar-refractivity contribution < 1.29 is 13.9 Å². The second-order valence-corrected chi connectivity index (χ2v) is 10.2. The number of hydrogen-bond acceptors (Lipinski definition) is 5. The van der Waals surface area contributed by atoms with E-state index in [4.69, 9.17) is 21.4 Å². The average Bonchev–Trinajstić information content (AvgIpc) is 3.27. The molecule has 180 valence electrons. The number of aromatic nitrogens is 1. The Labute approximate surface area is 225 Å². The first-order valence-electron chi connectivity index (χ1n) is 10.9. The molecule has 0 aliphatic heterocycles. The highest BCUT2D eigenvalue weighted by molar-refractivity contribution is 9.11. The third-order valence-corrected chi connectivity index (χ3v) is 6.92. The molecule has 3 aromatic carbocycles. The van der Waals surface area contributed by atoms with E-state index >= 15 is 0 Å². The van der Waals surface area contributed by atoms with Crippen molar-refractivity contribution in [1.82, 2.24) is 10.3 Å². The Morgan fingerprint density at radius 3 is 2.57 bits per heavy atom. The summed E-state index contributed by atoms with van der Waals surface area (Å²) in [7, 11) is 1.50. The zero-order valence-electron chi connectivity index (χ0n) is 19.3. The quantitative estimate of drug-likeness (QED) is 0.217. The predicted octanol–water partition coefficient (Wildman–Crippen LogP) is 7.67. The van der Waals surface area contributed by atoms with Crippen molar-refractivity contribution in [2.75, 3.05) is 12.4 Å². The number of carbonyl (C=O) groups excluding carboxylic acids is 1. The van der Waals surface area contributed by atoms with Crippen molar-refractivity contribution in [2.24, 2.45) is 0 Å². The molecule has 0 bridgehead atoms.